The normalized spacial score (nSPS) is 13.9. The second kappa shape index (κ2) is 13.7. The molecule has 59 heavy (non-hydrogen) atoms. The fraction of sp³-hybridized carbons (Fsp3) is 0.0690. The smallest absolute Gasteiger partial charge is 0.0720 e. The van der Waals surface area contributed by atoms with Crippen molar-refractivity contribution in [2.45, 2.75) is 24.7 Å². The molecule has 0 radical (unpaired) electrons. The van der Waals surface area contributed by atoms with Gasteiger partial charge >= 0.3 is 0 Å². The SMILES string of the molecule is CC1(C)c2ccccc2C2(c3ccccc3-c3ccccc32)c2cccc(N(c3ccc(-c4ccccc4-c4ccccc4)cc3)c3cccc(-c4ccccc4)c3)c21. The number of benzene rings is 9. The van der Waals surface area contributed by atoms with Crippen molar-refractivity contribution in [2.24, 2.45) is 0 Å². The van der Waals surface area contributed by atoms with E-state index in [2.05, 4.69) is 243 Å². The first-order chi connectivity index (χ1) is 29.0. The highest BCUT2D eigenvalue weighted by Gasteiger charge is 2.54. The van der Waals surface area contributed by atoms with Gasteiger partial charge < -0.3 is 4.90 Å². The zero-order chi connectivity index (χ0) is 39.6. The van der Waals surface area contributed by atoms with Crippen molar-refractivity contribution < 1.29 is 0 Å². The van der Waals surface area contributed by atoms with Crippen LogP contribution in [0, 0.1) is 0 Å². The van der Waals surface area contributed by atoms with E-state index in [1.165, 1.54) is 83.6 Å². The van der Waals surface area contributed by atoms with Crippen molar-refractivity contribution in [3.05, 3.63) is 258 Å². The van der Waals surface area contributed by atoms with E-state index < -0.39 is 5.41 Å². The molecule has 9 aromatic carbocycles. The van der Waals surface area contributed by atoms with Crippen LogP contribution in [-0.4, -0.2) is 0 Å². The number of anilines is 3. The molecule has 0 N–H and O–H groups in total. The van der Waals surface area contributed by atoms with Gasteiger partial charge in [-0.05, 0) is 108 Å². The Morgan fingerprint density at radius 1 is 0.305 bits per heavy atom. The molecule has 0 aliphatic heterocycles. The Labute approximate surface area is 347 Å². The topological polar surface area (TPSA) is 3.24 Å². The molecule has 0 bridgehead atoms. The summed E-state index contributed by atoms with van der Waals surface area (Å²) in [6.07, 6.45) is 0. The predicted molar refractivity (Wildman–Crippen MR) is 247 cm³/mol. The highest BCUT2D eigenvalue weighted by Crippen LogP contribution is 2.63. The van der Waals surface area contributed by atoms with E-state index in [4.69, 9.17) is 0 Å². The third kappa shape index (κ3) is 5.31. The monoisotopic (exact) mass is 753 g/mol. The molecule has 1 spiro atoms. The Morgan fingerprint density at radius 2 is 0.763 bits per heavy atom. The number of fused-ring (bicyclic) bond motifs is 9. The molecule has 11 rings (SSSR count). The van der Waals surface area contributed by atoms with Gasteiger partial charge in [0.05, 0.1) is 11.1 Å². The number of hydrogen-bond acceptors (Lipinski definition) is 1. The second-order valence-electron chi connectivity index (χ2n) is 16.4. The van der Waals surface area contributed by atoms with Crippen molar-refractivity contribution in [3.8, 4) is 44.5 Å². The zero-order valence-corrected chi connectivity index (χ0v) is 33.3. The van der Waals surface area contributed by atoms with Gasteiger partial charge in [-0.3, -0.25) is 0 Å². The second-order valence-corrected chi connectivity index (χ2v) is 16.4. The minimum absolute atomic E-state index is 0.329. The summed E-state index contributed by atoms with van der Waals surface area (Å²) in [4.78, 5) is 2.51. The molecule has 1 heteroatoms. The average Bonchev–Trinajstić information content (AvgIpc) is 3.60. The number of rotatable bonds is 6. The third-order valence-corrected chi connectivity index (χ3v) is 12.9. The van der Waals surface area contributed by atoms with E-state index in [0.29, 0.717) is 0 Å². The lowest BCUT2D eigenvalue weighted by atomic mass is 9.55. The Morgan fingerprint density at radius 3 is 1.39 bits per heavy atom. The van der Waals surface area contributed by atoms with Crippen molar-refractivity contribution in [2.75, 3.05) is 4.90 Å². The van der Waals surface area contributed by atoms with Crippen LogP contribution in [0.3, 0.4) is 0 Å². The quantitative estimate of drug-likeness (QED) is 0.163. The summed E-state index contributed by atoms with van der Waals surface area (Å²) in [7, 11) is 0. The largest absolute Gasteiger partial charge is 0.310 e. The Bertz CT molecular complexity index is 2970. The van der Waals surface area contributed by atoms with Gasteiger partial charge in [-0.1, -0.05) is 208 Å². The molecule has 280 valence electrons. The molecule has 0 amide bonds. The first-order valence-corrected chi connectivity index (χ1v) is 20.7. The first-order valence-electron chi connectivity index (χ1n) is 20.7. The van der Waals surface area contributed by atoms with Crippen molar-refractivity contribution >= 4 is 17.1 Å². The Balaban J connectivity index is 1.17. The van der Waals surface area contributed by atoms with Gasteiger partial charge in [0.1, 0.15) is 0 Å². The number of nitrogens with zero attached hydrogens (tertiary/aromatic N) is 1. The van der Waals surface area contributed by atoms with E-state index in [0.717, 1.165) is 11.4 Å². The van der Waals surface area contributed by atoms with E-state index in [1.54, 1.807) is 0 Å². The number of hydrogen-bond donors (Lipinski definition) is 0. The van der Waals surface area contributed by atoms with Crippen molar-refractivity contribution in [3.63, 3.8) is 0 Å². The molecule has 1 nitrogen and oxygen atoms in total. The molecule has 0 saturated heterocycles. The van der Waals surface area contributed by atoms with Crippen LogP contribution in [0.4, 0.5) is 17.1 Å². The highest BCUT2D eigenvalue weighted by molar-refractivity contribution is 5.92. The summed E-state index contributed by atoms with van der Waals surface area (Å²) in [5, 5.41) is 0. The molecule has 0 aromatic heterocycles. The lowest BCUT2D eigenvalue weighted by molar-refractivity contribution is 0.564. The zero-order valence-electron chi connectivity index (χ0n) is 33.3. The molecule has 0 heterocycles. The molecule has 0 unspecified atom stereocenters. The molecule has 0 saturated carbocycles. The van der Waals surface area contributed by atoms with Crippen molar-refractivity contribution in [1.82, 2.24) is 0 Å². The van der Waals surface area contributed by atoms with E-state index >= 15 is 0 Å². The third-order valence-electron chi connectivity index (χ3n) is 12.9. The van der Waals surface area contributed by atoms with Crippen LogP contribution in [0.1, 0.15) is 47.2 Å². The molecule has 0 fully saturated rings. The van der Waals surface area contributed by atoms with Crippen LogP contribution in [0.25, 0.3) is 44.5 Å². The highest BCUT2D eigenvalue weighted by atomic mass is 15.1. The van der Waals surface area contributed by atoms with Crippen molar-refractivity contribution in [1.29, 1.82) is 0 Å². The minimum Gasteiger partial charge on any atom is -0.310 e. The lowest BCUT2D eigenvalue weighted by Crippen LogP contribution is -2.41. The van der Waals surface area contributed by atoms with Crippen LogP contribution in [0.5, 0.6) is 0 Å². The lowest BCUT2D eigenvalue weighted by Gasteiger charge is -2.48. The van der Waals surface area contributed by atoms with Gasteiger partial charge in [-0.25, -0.2) is 0 Å². The summed E-state index contributed by atoms with van der Waals surface area (Å²) in [5.41, 5.74) is 20.6. The first kappa shape index (κ1) is 35.0. The summed E-state index contributed by atoms with van der Waals surface area (Å²) >= 11 is 0. The van der Waals surface area contributed by atoms with Gasteiger partial charge in [0.15, 0.2) is 0 Å². The fourth-order valence-electron chi connectivity index (χ4n) is 10.4. The van der Waals surface area contributed by atoms with E-state index in [1.807, 2.05) is 0 Å². The van der Waals surface area contributed by atoms with Gasteiger partial charge in [-0.2, -0.15) is 0 Å². The minimum atomic E-state index is -0.479. The fourth-order valence-corrected chi connectivity index (χ4v) is 10.4. The average molecular weight is 754 g/mol. The van der Waals surface area contributed by atoms with Crippen LogP contribution in [0.15, 0.2) is 224 Å². The molecule has 9 aromatic rings. The van der Waals surface area contributed by atoms with E-state index in [-0.39, 0.29) is 5.41 Å². The molecular formula is C58H43N. The van der Waals surface area contributed by atoms with Crippen LogP contribution in [-0.2, 0) is 10.8 Å². The van der Waals surface area contributed by atoms with Gasteiger partial charge in [0.25, 0.3) is 0 Å². The molecular weight excluding hydrogens is 711 g/mol. The summed E-state index contributed by atoms with van der Waals surface area (Å²) in [5.74, 6) is 0. The summed E-state index contributed by atoms with van der Waals surface area (Å²) < 4.78 is 0. The van der Waals surface area contributed by atoms with Crippen LogP contribution >= 0.6 is 0 Å². The Kier molecular flexibility index (Phi) is 8.13. The maximum atomic E-state index is 2.51. The van der Waals surface area contributed by atoms with Gasteiger partial charge in [-0.15, -0.1) is 0 Å². The Hall–Kier alpha value is -7.22. The molecule has 2 aliphatic rings. The van der Waals surface area contributed by atoms with Gasteiger partial charge in [0.2, 0.25) is 0 Å². The van der Waals surface area contributed by atoms with E-state index in [9.17, 15) is 0 Å². The summed E-state index contributed by atoms with van der Waals surface area (Å²) in [6.45, 7) is 4.85. The van der Waals surface area contributed by atoms with Crippen LogP contribution < -0.4 is 4.90 Å². The maximum Gasteiger partial charge on any atom is 0.0720 e. The predicted octanol–water partition coefficient (Wildman–Crippen LogP) is 15.2. The van der Waals surface area contributed by atoms with Gasteiger partial charge in [0, 0.05) is 16.8 Å². The summed E-state index contributed by atoms with van der Waals surface area (Å²) in [6, 6.07) is 82.9. The molecule has 0 atom stereocenters. The molecule has 2 aliphatic carbocycles. The standard InChI is InChI=1S/C58H43N/c1-57(2)52-31-15-16-32-53(52)58(50-29-13-11-27-48(50)49-28-12-14-30-51(49)58)54-33-18-34-55(56(54)57)59(45-24-17-23-43(39-45)40-19-5-3-6-20-40)44-37-35-42(36-38-44)47-26-10-9-25-46(47)41-21-7-4-8-22-41/h3-39H,1-2H3. The maximum absolute atomic E-state index is 2.51. The van der Waals surface area contributed by atoms with Crippen LogP contribution in [0.2, 0.25) is 0 Å².